The first-order valence-electron chi connectivity index (χ1n) is 8.54. The number of aliphatic hydroxyl groups is 1. The highest BCUT2D eigenvalue weighted by Crippen LogP contribution is 2.20. The number of amides is 1. The van der Waals surface area contributed by atoms with Gasteiger partial charge < -0.3 is 14.8 Å². The van der Waals surface area contributed by atoms with Gasteiger partial charge in [0.2, 0.25) is 0 Å². The molecule has 0 aliphatic carbocycles. The van der Waals surface area contributed by atoms with Gasteiger partial charge in [-0.3, -0.25) is 9.48 Å². The van der Waals surface area contributed by atoms with Gasteiger partial charge in [0.15, 0.2) is 0 Å². The second kappa shape index (κ2) is 8.15. The Morgan fingerprint density at radius 2 is 2.12 bits per heavy atom. The van der Waals surface area contributed by atoms with Crippen LogP contribution in [0.1, 0.15) is 74.1 Å². The number of aryl methyl sites for hydroxylation is 1. The Morgan fingerprint density at radius 1 is 1.42 bits per heavy atom. The molecule has 0 saturated heterocycles. The highest BCUT2D eigenvalue weighted by molar-refractivity contribution is 5.92. The van der Waals surface area contributed by atoms with E-state index in [1.54, 1.807) is 12.1 Å². The molecule has 2 N–H and O–H groups in total. The zero-order valence-electron chi connectivity index (χ0n) is 14.8. The topological polar surface area (TPSA) is 80.3 Å². The molecule has 0 aliphatic rings. The second-order valence-corrected chi connectivity index (χ2v) is 6.23. The van der Waals surface area contributed by atoms with Gasteiger partial charge in [0.1, 0.15) is 17.6 Å². The zero-order chi connectivity index (χ0) is 17.7. The van der Waals surface area contributed by atoms with Gasteiger partial charge in [-0.15, -0.1) is 0 Å². The number of aromatic nitrogens is 2. The number of hydrogen-bond acceptors (Lipinski definition) is 4. The van der Waals surface area contributed by atoms with Crippen LogP contribution in [-0.4, -0.2) is 26.8 Å². The average Bonchev–Trinajstić information content (AvgIpc) is 3.19. The Kier molecular flexibility index (Phi) is 6.20. The summed E-state index contributed by atoms with van der Waals surface area (Å²) in [4.78, 5) is 12.4. The highest BCUT2D eigenvalue weighted by atomic mass is 16.4. The fourth-order valence-corrected chi connectivity index (χ4v) is 2.89. The van der Waals surface area contributed by atoms with E-state index in [0.29, 0.717) is 23.9 Å². The summed E-state index contributed by atoms with van der Waals surface area (Å²) >= 11 is 0. The van der Waals surface area contributed by atoms with E-state index >= 15 is 0 Å². The van der Waals surface area contributed by atoms with Crippen molar-refractivity contribution in [3.63, 3.8) is 0 Å². The van der Waals surface area contributed by atoms with Crippen molar-refractivity contribution in [2.75, 3.05) is 0 Å². The van der Waals surface area contributed by atoms with Gasteiger partial charge >= 0.3 is 0 Å². The summed E-state index contributed by atoms with van der Waals surface area (Å²) in [6, 6.07) is 5.37. The van der Waals surface area contributed by atoms with Crippen molar-refractivity contribution in [1.82, 2.24) is 15.1 Å². The molecule has 2 unspecified atom stereocenters. The van der Waals surface area contributed by atoms with Crippen molar-refractivity contribution in [2.24, 2.45) is 0 Å². The minimum atomic E-state index is -0.737. The van der Waals surface area contributed by atoms with Crippen molar-refractivity contribution < 1.29 is 14.3 Å². The smallest absolute Gasteiger partial charge is 0.271 e. The Bertz CT molecular complexity index is 645. The van der Waals surface area contributed by atoms with Crippen LogP contribution in [0.4, 0.5) is 0 Å². The molecule has 2 aromatic rings. The van der Waals surface area contributed by atoms with Crippen molar-refractivity contribution in [3.05, 3.63) is 41.6 Å². The quantitative estimate of drug-likeness (QED) is 0.776. The van der Waals surface area contributed by atoms with Gasteiger partial charge in [-0.05, 0) is 44.9 Å². The van der Waals surface area contributed by atoms with E-state index in [1.165, 1.54) is 6.26 Å². The second-order valence-electron chi connectivity index (χ2n) is 6.23. The van der Waals surface area contributed by atoms with Crippen LogP contribution in [-0.2, 0) is 0 Å². The molecule has 1 amide bonds. The number of nitrogens with zero attached hydrogens (tertiary/aromatic N) is 2. The number of furan rings is 1. The lowest BCUT2D eigenvalue weighted by Gasteiger charge is -2.16. The van der Waals surface area contributed by atoms with Gasteiger partial charge in [0, 0.05) is 18.2 Å². The number of carbonyl (C=O) groups excluding carboxylic acids is 1. The van der Waals surface area contributed by atoms with Crippen molar-refractivity contribution in [3.8, 4) is 0 Å². The minimum Gasteiger partial charge on any atom is -0.467 e. The molecule has 0 bridgehead atoms. The van der Waals surface area contributed by atoms with E-state index in [9.17, 15) is 9.90 Å². The Balaban J connectivity index is 1.98. The maximum absolute atomic E-state index is 12.4. The first-order valence-corrected chi connectivity index (χ1v) is 8.54. The normalized spacial score (nSPS) is 13.9. The van der Waals surface area contributed by atoms with Crippen molar-refractivity contribution >= 4 is 5.91 Å². The van der Waals surface area contributed by atoms with E-state index in [2.05, 4.69) is 24.3 Å². The molecule has 0 aliphatic heterocycles. The van der Waals surface area contributed by atoms with E-state index in [1.807, 2.05) is 24.6 Å². The van der Waals surface area contributed by atoms with E-state index in [0.717, 1.165) is 18.5 Å². The molecule has 2 aromatic heterocycles. The van der Waals surface area contributed by atoms with Gasteiger partial charge in [0.25, 0.3) is 5.91 Å². The lowest BCUT2D eigenvalue weighted by Crippen LogP contribution is -2.34. The van der Waals surface area contributed by atoms with Crippen LogP contribution in [0.5, 0.6) is 0 Å². The van der Waals surface area contributed by atoms with E-state index in [4.69, 9.17) is 4.42 Å². The summed E-state index contributed by atoms with van der Waals surface area (Å²) in [5.41, 5.74) is 1.40. The number of rotatable bonds is 8. The van der Waals surface area contributed by atoms with Crippen LogP contribution < -0.4 is 5.32 Å². The molecule has 2 atom stereocenters. The Labute approximate surface area is 142 Å². The lowest BCUT2D eigenvalue weighted by atomic mass is 10.1. The third-order valence-electron chi connectivity index (χ3n) is 4.27. The van der Waals surface area contributed by atoms with Gasteiger partial charge in [-0.25, -0.2) is 0 Å². The van der Waals surface area contributed by atoms with Crippen LogP contribution in [0.3, 0.4) is 0 Å². The van der Waals surface area contributed by atoms with Gasteiger partial charge in [0.05, 0.1) is 12.3 Å². The molecule has 6 nitrogen and oxygen atoms in total. The minimum absolute atomic E-state index is 0.198. The number of carbonyl (C=O) groups is 1. The van der Waals surface area contributed by atoms with Crippen LogP contribution in [0, 0.1) is 6.92 Å². The SMILES string of the molecule is CCC(CC)n1nc(C(=O)NC(C)CC(O)c2ccco2)cc1C. The largest absolute Gasteiger partial charge is 0.467 e. The summed E-state index contributed by atoms with van der Waals surface area (Å²) in [7, 11) is 0. The highest BCUT2D eigenvalue weighted by Gasteiger charge is 2.20. The Morgan fingerprint density at radius 3 is 2.71 bits per heavy atom. The van der Waals surface area contributed by atoms with Crippen LogP contribution in [0.15, 0.2) is 28.9 Å². The number of hydrogen-bond donors (Lipinski definition) is 2. The molecule has 2 rings (SSSR count). The fraction of sp³-hybridized carbons (Fsp3) is 0.556. The molecule has 2 heterocycles. The van der Waals surface area contributed by atoms with Crippen LogP contribution >= 0.6 is 0 Å². The third-order valence-corrected chi connectivity index (χ3v) is 4.27. The molecular formula is C18H27N3O3. The predicted molar refractivity (Wildman–Crippen MR) is 91.8 cm³/mol. The monoisotopic (exact) mass is 333 g/mol. The summed E-state index contributed by atoms with van der Waals surface area (Å²) < 4.78 is 7.11. The predicted octanol–water partition coefficient (Wildman–Crippen LogP) is 3.39. The molecule has 0 saturated carbocycles. The van der Waals surface area contributed by atoms with Crippen LogP contribution in [0.2, 0.25) is 0 Å². The van der Waals surface area contributed by atoms with Crippen molar-refractivity contribution in [1.29, 1.82) is 0 Å². The maximum atomic E-state index is 12.4. The summed E-state index contributed by atoms with van der Waals surface area (Å²) in [6.07, 6.45) is 3.12. The number of aliphatic hydroxyl groups excluding tert-OH is 1. The molecule has 0 aromatic carbocycles. The molecule has 0 spiro atoms. The van der Waals surface area contributed by atoms with E-state index < -0.39 is 6.10 Å². The molecular weight excluding hydrogens is 306 g/mol. The standard InChI is InChI=1S/C18H27N3O3/c1-5-14(6-2)21-13(4)11-15(20-21)18(23)19-12(3)10-16(22)17-8-7-9-24-17/h7-9,11-12,14,16,22H,5-6,10H2,1-4H3,(H,19,23). The molecule has 24 heavy (non-hydrogen) atoms. The first kappa shape index (κ1) is 18.3. The lowest BCUT2D eigenvalue weighted by molar-refractivity contribution is 0.0897. The van der Waals surface area contributed by atoms with Gasteiger partial charge in [-0.1, -0.05) is 13.8 Å². The van der Waals surface area contributed by atoms with Crippen LogP contribution in [0.25, 0.3) is 0 Å². The summed E-state index contributed by atoms with van der Waals surface area (Å²) in [6.45, 7) is 8.06. The Hall–Kier alpha value is -2.08. The molecule has 0 fully saturated rings. The first-order chi connectivity index (χ1) is 11.5. The van der Waals surface area contributed by atoms with Crippen molar-refractivity contribution in [2.45, 2.75) is 65.1 Å². The maximum Gasteiger partial charge on any atom is 0.271 e. The summed E-state index contributed by atoms with van der Waals surface area (Å²) in [5.74, 6) is 0.284. The fourth-order valence-electron chi connectivity index (χ4n) is 2.89. The average molecular weight is 333 g/mol. The molecule has 132 valence electrons. The zero-order valence-corrected chi connectivity index (χ0v) is 14.8. The van der Waals surface area contributed by atoms with E-state index in [-0.39, 0.29) is 11.9 Å². The van der Waals surface area contributed by atoms with Gasteiger partial charge in [-0.2, -0.15) is 5.10 Å². The molecule has 6 heteroatoms. The summed E-state index contributed by atoms with van der Waals surface area (Å²) in [5, 5.41) is 17.4. The number of nitrogens with one attached hydrogen (secondary N) is 1. The third kappa shape index (κ3) is 4.26. The molecule has 0 radical (unpaired) electrons.